The van der Waals surface area contributed by atoms with Gasteiger partial charge in [-0.1, -0.05) is 23.4 Å². The van der Waals surface area contributed by atoms with E-state index in [1.807, 2.05) is 13.8 Å². The van der Waals surface area contributed by atoms with E-state index in [1.54, 1.807) is 25.5 Å². The van der Waals surface area contributed by atoms with E-state index in [9.17, 15) is 4.79 Å². The van der Waals surface area contributed by atoms with E-state index in [2.05, 4.69) is 22.1 Å². The van der Waals surface area contributed by atoms with Crippen molar-refractivity contribution < 1.29 is 14.3 Å². The quantitative estimate of drug-likeness (QED) is 0.635. The average molecular weight is 343 g/mol. The van der Waals surface area contributed by atoms with Gasteiger partial charge in [0.25, 0.3) is 5.91 Å². The van der Waals surface area contributed by atoms with Crippen LogP contribution in [0.4, 0.5) is 0 Å². The number of halogens is 1. The van der Waals surface area contributed by atoms with E-state index in [0.29, 0.717) is 17.5 Å². The van der Waals surface area contributed by atoms with Crippen LogP contribution in [0.2, 0.25) is 5.02 Å². The highest BCUT2D eigenvalue weighted by Gasteiger charge is 2.25. The van der Waals surface area contributed by atoms with Crippen LogP contribution < -0.4 is 10.1 Å². The van der Waals surface area contributed by atoms with Crippen molar-refractivity contribution in [1.29, 1.82) is 0 Å². The van der Waals surface area contributed by atoms with Crippen LogP contribution in [0, 0.1) is 11.8 Å². The number of amides is 1. The number of carbonyl (C=O) groups is 1. The minimum Gasteiger partial charge on any atom is -0.453 e. The Morgan fingerprint density at radius 1 is 1.55 bits per heavy atom. The summed E-state index contributed by atoms with van der Waals surface area (Å²) in [6, 6.07) is 3.27. The van der Waals surface area contributed by atoms with Crippen LogP contribution in [-0.4, -0.2) is 41.8 Å². The second-order valence-corrected chi connectivity index (χ2v) is 6.19. The molecule has 0 aromatic carbocycles. The SMILES string of the molecule is COCC#CC(C)(C)NC(=O)C(Oc1ccc(Cl)cn1)SC. The molecule has 1 heterocycles. The summed E-state index contributed by atoms with van der Waals surface area (Å²) >= 11 is 7.03. The number of nitrogens with zero attached hydrogens (tertiary/aromatic N) is 1. The Kier molecular flexibility index (Phi) is 7.52. The molecule has 0 aliphatic carbocycles. The summed E-state index contributed by atoms with van der Waals surface area (Å²) in [4.78, 5) is 16.3. The van der Waals surface area contributed by atoms with Crippen molar-refractivity contribution in [2.75, 3.05) is 20.0 Å². The van der Waals surface area contributed by atoms with Gasteiger partial charge in [0, 0.05) is 19.4 Å². The molecular weight excluding hydrogens is 324 g/mol. The molecule has 0 spiro atoms. The zero-order valence-corrected chi connectivity index (χ0v) is 14.5. The molecule has 0 saturated heterocycles. The molecule has 1 N–H and O–H groups in total. The van der Waals surface area contributed by atoms with E-state index in [0.717, 1.165) is 0 Å². The zero-order chi connectivity index (χ0) is 16.6. The number of thioether (sulfide) groups is 1. The molecule has 7 heteroatoms. The Balaban J connectivity index is 2.68. The van der Waals surface area contributed by atoms with Crippen LogP contribution in [-0.2, 0) is 9.53 Å². The molecule has 0 radical (unpaired) electrons. The van der Waals surface area contributed by atoms with Crippen molar-refractivity contribution in [1.82, 2.24) is 10.3 Å². The second kappa shape index (κ2) is 8.89. The number of ether oxygens (including phenoxy) is 2. The van der Waals surface area contributed by atoms with Gasteiger partial charge in [0.1, 0.15) is 6.61 Å². The number of carbonyl (C=O) groups excluding carboxylic acids is 1. The lowest BCUT2D eigenvalue weighted by Crippen LogP contribution is -2.47. The molecule has 0 saturated carbocycles. The smallest absolute Gasteiger partial charge is 0.272 e. The van der Waals surface area contributed by atoms with Crippen molar-refractivity contribution in [2.24, 2.45) is 0 Å². The molecule has 1 unspecified atom stereocenters. The standard InChI is InChI=1S/C15H19ClN2O3S/c1-15(2,8-5-9-20-3)18-13(19)14(22-4)21-12-7-6-11(16)10-17-12/h6-7,10,14H,9H2,1-4H3,(H,18,19). The van der Waals surface area contributed by atoms with Crippen molar-refractivity contribution in [2.45, 2.75) is 24.8 Å². The zero-order valence-electron chi connectivity index (χ0n) is 13.0. The largest absolute Gasteiger partial charge is 0.453 e. The predicted octanol–water partition coefficient (Wildman–Crippen LogP) is 2.35. The Labute approximate surface area is 140 Å². The van der Waals surface area contributed by atoms with E-state index in [1.165, 1.54) is 18.0 Å². The molecule has 1 rings (SSSR count). The predicted molar refractivity (Wildman–Crippen MR) is 89.1 cm³/mol. The minimum atomic E-state index is -0.725. The molecule has 1 aromatic heterocycles. The van der Waals surface area contributed by atoms with E-state index < -0.39 is 11.0 Å². The lowest BCUT2D eigenvalue weighted by molar-refractivity contribution is -0.125. The normalized spacial score (nSPS) is 12.0. The van der Waals surface area contributed by atoms with Crippen molar-refractivity contribution in [3.8, 4) is 17.7 Å². The lowest BCUT2D eigenvalue weighted by Gasteiger charge is -2.23. The molecule has 120 valence electrons. The van der Waals surface area contributed by atoms with Gasteiger partial charge in [0.15, 0.2) is 0 Å². The molecule has 1 atom stereocenters. The molecule has 5 nitrogen and oxygen atoms in total. The Hall–Kier alpha value is -1.42. The number of rotatable bonds is 6. The maximum atomic E-state index is 12.3. The third-order valence-corrected chi connectivity index (χ3v) is 3.37. The van der Waals surface area contributed by atoms with Gasteiger partial charge in [0.2, 0.25) is 11.3 Å². The van der Waals surface area contributed by atoms with Gasteiger partial charge < -0.3 is 14.8 Å². The minimum absolute atomic E-state index is 0.277. The third kappa shape index (κ3) is 6.56. The first-order valence-electron chi connectivity index (χ1n) is 6.50. The van der Waals surface area contributed by atoms with Gasteiger partial charge in [0.05, 0.1) is 10.6 Å². The molecule has 0 aliphatic heterocycles. The first-order valence-corrected chi connectivity index (χ1v) is 8.16. The highest BCUT2D eigenvalue weighted by Crippen LogP contribution is 2.17. The van der Waals surface area contributed by atoms with Crippen molar-refractivity contribution in [3.63, 3.8) is 0 Å². The molecular formula is C15H19ClN2O3S. The van der Waals surface area contributed by atoms with Crippen LogP contribution in [0.5, 0.6) is 5.88 Å². The van der Waals surface area contributed by atoms with Crippen LogP contribution in [0.25, 0.3) is 0 Å². The van der Waals surface area contributed by atoms with Gasteiger partial charge in [-0.05, 0) is 26.2 Å². The summed E-state index contributed by atoms with van der Waals surface area (Å²) in [5, 5.41) is 3.34. The summed E-state index contributed by atoms with van der Waals surface area (Å²) in [7, 11) is 1.57. The third-order valence-electron chi connectivity index (χ3n) is 2.41. The van der Waals surface area contributed by atoms with Gasteiger partial charge >= 0.3 is 0 Å². The van der Waals surface area contributed by atoms with Crippen molar-refractivity contribution >= 4 is 29.3 Å². The summed E-state index contributed by atoms with van der Waals surface area (Å²) in [5.74, 6) is 5.83. The van der Waals surface area contributed by atoms with Crippen LogP contribution in [0.3, 0.4) is 0 Å². The summed E-state index contributed by atoms with van der Waals surface area (Å²) in [5.41, 5.74) is -1.41. The van der Waals surface area contributed by atoms with E-state index in [4.69, 9.17) is 21.1 Å². The Morgan fingerprint density at radius 3 is 2.82 bits per heavy atom. The van der Waals surface area contributed by atoms with Crippen LogP contribution >= 0.6 is 23.4 Å². The average Bonchev–Trinajstić information content (AvgIpc) is 2.46. The summed E-state index contributed by atoms with van der Waals surface area (Å²) in [6.07, 6.45) is 3.25. The fourth-order valence-electron chi connectivity index (χ4n) is 1.48. The summed E-state index contributed by atoms with van der Waals surface area (Å²) in [6.45, 7) is 3.94. The number of aromatic nitrogens is 1. The number of methoxy groups -OCH3 is 1. The van der Waals surface area contributed by atoms with Gasteiger partial charge in [-0.2, -0.15) is 0 Å². The lowest BCUT2D eigenvalue weighted by atomic mass is 10.1. The Bertz CT molecular complexity index is 552. The number of hydrogen-bond acceptors (Lipinski definition) is 5. The molecule has 0 aliphatic rings. The highest BCUT2D eigenvalue weighted by atomic mass is 35.5. The summed E-state index contributed by atoms with van der Waals surface area (Å²) < 4.78 is 10.4. The van der Waals surface area contributed by atoms with Gasteiger partial charge in [-0.15, -0.1) is 11.8 Å². The van der Waals surface area contributed by atoms with E-state index in [-0.39, 0.29) is 5.91 Å². The maximum Gasteiger partial charge on any atom is 0.272 e. The first-order chi connectivity index (χ1) is 10.4. The second-order valence-electron chi connectivity index (χ2n) is 4.85. The van der Waals surface area contributed by atoms with Crippen LogP contribution in [0.15, 0.2) is 18.3 Å². The van der Waals surface area contributed by atoms with Crippen molar-refractivity contribution in [3.05, 3.63) is 23.4 Å². The van der Waals surface area contributed by atoms with Crippen LogP contribution in [0.1, 0.15) is 13.8 Å². The Morgan fingerprint density at radius 2 is 2.27 bits per heavy atom. The molecule has 0 bridgehead atoms. The fraction of sp³-hybridized carbons (Fsp3) is 0.467. The topological polar surface area (TPSA) is 60.5 Å². The first kappa shape index (κ1) is 18.6. The van der Waals surface area contributed by atoms with Gasteiger partial charge in [-0.25, -0.2) is 4.98 Å². The highest BCUT2D eigenvalue weighted by molar-refractivity contribution is 7.99. The molecule has 1 aromatic rings. The fourth-order valence-corrected chi connectivity index (χ4v) is 2.06. The van der Waals surface area contributed by atoms with Gasteiger partial charge in [-0.3, -0.25) is 4.79 Å². The maximum absolute atomic E-state index is 12.3. The monoisotopic (exact) mass is 342 g/mol. The number of pyridine rings is 1. The van der Waals surface area contributed by atoms with E-state index >= 15 is 0 Å². The molecule has 1 amide bonds. The molecule has 0 fully saturated rings. The number of hydrogen-bond donors (Lipinski definition) is 1. The number of nitrogens with one attached hydrogen (secondary N) is 1. The molecule has 22 heavy (non-hydrogen) atoms.